The second kappa shape index (κ2) is 27.2. The van der Waals surface area contributed by atoms with E-state index in [-0.39, 0.29) is 78.6 Å². The molecule has 14 heteroatoms. The largest absolute Gasteiger partial charge is 0.466 e. The molecular formula is C92H99N7O7. The van der Waals surface area contributed by atoms with Crippen LogP contribution in [0.5, 0.6) is 0 Å². The normalized spacial score (nSPS) is 27.2. The van der Waals surface area contributed by atoms with Crippen LogP contribution < -0.4 is 20.4 Å². The second-order valence-electron chi connectivity index (χ2n) is 31.7. The number of para-hydroxylation sites is 3. The SMILES string of the molecule is C.CCC(=O)C1CC12C(=O)N(C1CCN(C3Cc4cccc5cccc3c45)CC1)c1ccccc12.CCC(=O)[C@H]1CC12C(=O)N(C1CCN(C3Cc4cccc5cccc3c45)CC1)c1ccccc12.CCOC(=O)C1CC12C(=O)N(C1CCN(C3Cc4cccc5cccc3c45)CC1)c1ccccc12.CN. The van der Waals surface area contributed by atoms with Crippen molar-refractivity contribution in [3.8, 4) is 0 Å². The number of nitrogens with two attached hydrogens (primary N) is 1. The van der Waals surface area contributed by atoms with E-state index in [4.69, 9.17) is 4.74 Å². The summed E-state index contributed by atoms with van der Waals surface area (Å²) >= 11 is 0. The van der Waals surface area contributed by atoms with Crippen LogP contribution in [0.1, 0.15) is 167 Å². The number of carbonyl (C=O) groups is 6. The number of piperidine rings is 3. The number of esters is 1. The first-order chi connectivity index (χ1) is 51.4. The number of rotatable bonds is 12. The van der Waals surface area contributed by atoms with Gasteiger partial charge in [0.1, 0.15) is 11.6 Å². The fourth-order valence-corrected chi connectivity index (χ4v) is 21.8. The Morgan fingerprint density at radius 1 is 0.387 bits per heavy atom. The van der Waals surface area contributed by atoms with Crippen LogP contribution in [-0.2, 0) is 69.0 Å². The Labute approximate surface area is 623 Å². The van der Waals surface area contributed by atoms with E-state index in [9.17, 15) is 28.8 Å². The first-order valence-corrected chi connectivity index (χ1v) is 39.2. The van der Waals surface area contributed by atoms with Gasteiger partial charge in [0.2, 0.25) is 17.7 Å². The number of likely N-dealkylation sites (tertiary alicyclic amines) is 3. The molecule has 6 aliphatic carbocycles. The number of anilines is 3. The van der Waals surface area contributed by atoms with E-state index in [1.54, 1.807) is 0 Å². The number of hydrogen-bond donors (Lipinski definition) is 1. The Morgan fingerprint density at radius 2 is 0.670 bits per heavy atom. The third-order valence-electron chi connectivity index (χ3n) is 27.0. The zero-order chi connectivity index (χ0) is 71.8. The maximum Gasteiger partial charge on any atom is 0.310 e. The molecule has 8 unspecified atom stereocenters. The number of hydrogen-bond acceptors (Lipinski definition) is 11. The zero-order valence-electron chi connectivity index (χ0n) is 61.0. The summed E-state index contributed by atoms with van der Waals surface area (Å²) in [5.41, 5.74) is 17.7. The van der Waals surface area contributed by atoms with Gasteiger partial charge in [-0.15, -0.1) is 0 Å². The molecule has 21 rings (SSSR count). The van der Waals surface area contributed by atoms with Crippen LogP contribution >= 0.6 is 0 Å². The molecular weight excluding hydrogens is 1320 g/mol. The van der Waals surface area contributed by atoms with Gasteiger partial charge in [0.05, 0.1) is 28.8 Å². The van der Waals surface area contributed by atoms with Gasteiger partial charge < -0.3 is 25.2 Å². The van der Waals surface area contributed by atoms with Gasteiger partial charge in [0, 0.05) is 117 Å². The molecule has 9 aromatic carbocycles. The molecule has 9 aromatic rings. The van der Waals surface area contributed by atoms with Gasteiger partial charge in [0.25, 0.3) is 0 Å². The lowest BCUT2D eigenvalue weighted by atomic mass is 9.93. The van der Waals surface area contributed by atoms with Gasteiger partial charge in [-0.1, -0.05) is 185 Å². The molecule has 0 radical (unpaired) electrons. The van der Waals surface area contributed by atoms with Gasteiger partial charge >= 0.3 is 5.97 Å². The molecule has 544 valence electrons. The number of carbonyl (C=O) groups excluding carboxylic acids is 6. The van der Waals surface area contributed by atoms with E-state index >= 15 is 0 Å². The average Bonchev–Trinajstić information content (AvgIpc) is 1.52. The summed E-state index contributed by atoms with van der Waals surface area (Å²) in [5.74, 6) is 0.0789. The van der Waals surface area contributed by atoms with Crippen molar-refractivity contribution >= 4 is 84.6 Å². The molecule has 14 nitrogen and oxygen atoms in total. The topological polar surface area (TPSA) is 157 Å². The Bertz CT molecular complexity index is 4800. The van der Waals surface area contributed by atoms with E-state index in [2.05, 4.69) is 170 Å². The summed E-state index contributed by atoms with van der Waals surface area (Å²) in [6.07, 6.45) is 12.0. The number of ether oxygens (including phenoxy) is 1. The molecule has 0 aromatic heterocycles. The summed E-state index contributed by atoms with van der Waals surface area (Å²) in [7, 11) is 1.50. The van der Waals surface area contributed by atoms with Gasteiger partial charge in [-0.25, -0.2) is 0 Å². The number of fused-ring (bicyclic) bond motifs is 6. The molecule has 12 aliphatic rings. The van der Waals surface area contributed by atoms with Crippen molar-refractivity contribution in [1.29, 1.82) is 0 Å². The maximum atomic E-state index is 13.9. The van der Waals surface area contributed by atoms with Crippen molar-refractivity contribution in [1.82, 2.24) is 14.7 Å². The highest BCUT2D eigenvalue weighted by atomic mass is 16.5. The van der Waals surface area contributed by atoms with E-state index in [1.165, 1.54) is 72.7 Å². The van der Waals surface area contributed by atoms with Crippen LogP contribution in [0.2, 0.25) is 0 Å². The standard InChI is InChI=1S/C30H30N2O3.2C30H30N2O2.CH5N.CH4/c1-2-35-28(33)24-18-30(24)23-11-3-4-12-25(23)32(29(30)34)21-13-15-31(16-14-21)26-17-20-9-5-7-19-8-6-10-22(26)27(19)20;2*1-2-27(33)24-18-30(24)23-11-3-4-12-25(23)32(29(30)34)21-13-15-31(16-14-21)26-17-20-9-5-7-19-8-6-10-22(26)28(19)20;1-2;/h3-12,21,24,26H,2,13-18H2,1H3;2*3-12,21,24,26H,2,13-18H2,1H3;2H2,1H3;1H4/t;24-,26?,30?;;;/m.1.../s1. The van der Waals surface area contributed by atoms with Crippen molar-refractivity contribution in [2.45, 2.75) is 171 Å². The lowest BCUT2D eigenvalue weighted by Crippen LogP contribution is -2.48. The van der Waals surface area contributed by atoms with Crippen molar-refractivity contribution < 1.29 is 33.5 Å². The predicted octanol–water partition coefficient (Wildman–Crippen LogP) is 15.3. The number of amides is 3. The lowest BCUT2D eigenvalue weighted by molar-refractivity contribution is -0.146. The summed E-state index contributed by atoms with van der Waals surface area (Å²) in [5, 5.41) is 8.36. The van der Waals surface area contributed by atoms with E-state index in [0.717, 1.165) is 131 Å². The highest BCUT2D eigenvalue weighted by molar-refractivity contribution is 6.17. The Balaban J connectivity index is 0.000000115. The number of nitrogens with zero attached hydrogens (tertiary/aromatic N) is 6. The number of Topliss-reactive ketones (excluding diaryl/α,β-unsaturated/α-hetero) is 2. The molecule has 3 spiro atoms. The van der Waals surface area contributed by atoms with Gasteiger partial charge in [-0.2, -0.15) is 0 Å². The van der Waals surface area contributed by atoms with Gasteiger partial charge in [-0.05, 0) is 192 Å². The minimum absolute atomic E-state index is 0. The van der Waals surface area contributed by atoms with Crippen LogP contribution in [0.3, 0.4) is 0 Å². The van der Waals surface area contributed by atoms with Crippen molar-refractivity contribution in [3.05, 3.63) is 232 Å². The Kier molecular flexibility index (Phi) is 18.0. The minimum atomic E-state index is -0.706. The second-order valence-corrected chi connectivity index (χ2v) is 31.7. The van der Waals surface area contributed by atoms with Crippen LogP contribution in [0.15, 0.2) is 182 Å². The summed E-state index contributed by atoms with van der Waals surface area (Å²) < 4.78 is 5.30. The number of benzene rings is 9. The third kappa shape index (κ3) is 10.7. The molecule has 6 heterocycles. The van der Waals surface area contributed by atoms with Crippen molar-refractivity contribution in [3.63, 3.8) is 0 Å². The molecule has 106 heavy (non-hydrogen) atoms. The van der Waals surface area contributed by atoms with E-state index in [1.807, 2.05) is 68.1 Å². The minimum Gasteiger partial charge on any atom is -0.466 e. The molecule has 0 bridgehead atoms. The summed E-state index contributed by atoms with van der Waals surface area (Å²) in [6, 6.07) is 66.5. The van der Waals surface area contributed by atoms with E-state index < -0.39 is 16.2 Å². The van der Waals surface area contributed by atoms with Crippen LogP contribution in [0.4, 0.5) is 17.1 Å². The molecule has 9 atom stereocenters. The molecule has 3 amide bonds. The molecule has 6 fully saturated rings. The van der Waals surface area contributed by atoms with E-state index in [0.29, 0.717) is 56.8 Å². The predicted molar refractivity (Wildman–Crippen MR) is 420 cm³/mol. The maximum absolute atomic E-state index is 13.9. The van der Waals surface area contributed by atoms with Crippen LogP contribution in [0, 0.1) is 17.8 Å². The quantitative estimate of drug-likeness (QED) is 0.116. The Morgan fingerprint density at radius 3 is 0.972 bits per heavy atom. The lowest BCUT2D eigenvalue weighted by Gasteiger charge is -2.40. The first kappa shape index (κ1) is 69.8. The van der Waals surface area contributed by atoms with Crippen LogP contribution in [0.25, 0.3) is 32.3 Å². The highest BCUT2D eigenvalue weighted by Gasteiger charge is 2.72. The smallest absolute Gasteiger partial charge is 0.310 e. The highest BCUT2D eigenvalue weighted by Crippen LogP contribution is 2.66. The average molecular weight is 1410 g/mol. The van der Waals surface area contributed by atoms with Gasteiger partial charge in [0.15, 0.2) is 0 Å². The number of ketones is 2. The van der Waals surface area contributed by atoms with Crippen molar-refractivity contribution in [2.24, 2.45) is 23.5 Å². The van der Waals surface area contributed by atoms with Crippen molar-refractivity contribution in [2.75, 3.05) is 67.6 Å². The Hall–Kier alpha value is -9.18. The van der Waals surface area contributed by atoms with Gasteiger partial charge in [-0.3, -0.25) is 43.5 Å². The third-order valence-corrected chi connectivity index (χ3v) is 27.0. The first-order valence-electron chi connectivity index (χ1n) is 39.2. The monoisotopic (exact) mass is 1410 g/mol. The molecule has 2 N–H and O–H groups in total. The molecule has 3 saturated heterocycles. The zero-order valence-corrected chi connectivity index (χ0v) is 61.0. The molecule has 6 aliphatic heterocycles. The fraction of sp³-hybridized carbons (Fsp3) is 0.413. The summed E-state index contributed by atoms with van der Waals surface area (Å²) in [6.45, 7) is 11.9. The summed E-state index contributed by atoms with van der Waals surface area (Å²) in [4.78, 5) is 93.4. The molecule has 3 saturated carbocycles. The van der Waals surface area contributed by atoms with Crippen LogP contribution in [-0.4, -0.2) is 121 Å². The fourth-order valence-electron chi connectivity index (χ4n) is 21.8.